The van der Waals surface area contributed by atoms with Gasteiger partial charge in [-0.25, -0.2) is 0 Å². The van der Waals surface area contributed by atoms with E-state index in [0.717, 1.165) is 44.6 Å². The van der Waals surface area contributed by atoms with Crippen LogP contribution >= 0.6 is 11.6 Å². The van der Waals surface area contributed by atoms with Gasteiger partial charge in [-0.3, -0.25) is 14.4 Å². The molecule has 0 saturated carbocycles. The predicted octanol–water partition coefficient (Wildman–Crippen LogP) is 7.27. The molecule has 0 radical (unpaired) electrons. The molecule has 1 amide bonds. The molecule has 0 unspecified atom stereocenters. The molecular formula is C31H30ClF3N4O2. The van der Waals surface area contributed by atoms with Gasteiger partial charge in [0.25, 0.3) is 5.91 Å². The zero-order valence-corrected chi connectivity index (χ0v) is 23.3. The summed E-state index contributed by atoms with van der Waals surface area (Å²) >= 11 is 6.44. The normalized spacial score (nSPS) is 14.7. The first-order valence-corrected chi connectivity index (χ1v) is 13.8. The first kappa shape index (κ1) is 28.7. The van der Waals surface area contributed by atoms with Crippen LogP contribution in [0.3, 0.4) is 0 Å². The summed E-state index contributed by atoms with van der Waals surface area (Å²) in [5, 5.41) is 7.31. The Hall–Kier alpha value is -3.82. The average molecular weight is 583 g/mol. The van der Waals surface area contributed by atoms with Gasteiger partial charge in [0.05, 0.1) is 22.5 Å². The Bertz CT molecular complexity index is 1480. The van der Waals surface area contributed by atoms with Gasteiger partial charge in [-0.15, -0.1) is 0 Å². The largest absolute Gasteiger partial charge is 0.492 e. The molecule has 1 saturated heterocycles. The van der Waals surface area contributed by atoms with Gasteiger partial charge >= 0.3 is 6.18 Å². The number of ether oxygens (including phenoxy) is 1. The summed E-state index contributed by atoms with van der Waals surface area (Å²) in [6.07, 6.45) is -0.831. The maximum atomic E-state index is 13.1. The van der Waals surface area contributed by atoms with Crippen LogP contribution in [-0.4, -0.2) is 46.8 Å². The first-order valence-electron chi connectivity index (χ1n) is 13.4. The fraction of sp³-hybridized carbons (Fsp3) is 0.290. The number of hydrogen-bond acceptors (Lipinski definition) is 4. The Balaban J connectivity index is 1.27. The van der Waals surface area contributed by atoms with Crippen molar-refractivity contribution in [2.45, 2.75) is 24.9 Å². The molecule has 214 valence electrons. The molecule has 0 atom stereocenters. The van der Waals surface area contributed by atoms with Crippen molar-refractivity contribution in [3.8, 4) is 17.0 Å². The average Bonchev–Trinajstić information content (AvgIpc) is 3.31. The third-order valence-electron chi connectivity index (χ3n) is 7.36. The number of likely N-dealkylation sites (tertiary alicyclic amines) is 1. The van der Waals surface area contributed by atoms with Crippen molar-refractivity contribution in [1.29, 1.82) is 0 Å². The van der Waals surface area contributed by atoms with Gasteiger partial charge < -0.3 is 10.1 Å². The zero-order valence-electron chi connectivity index (χ0n) is 22.5. The van der Waals surface area contributed by atoms with E-state index in [2.05, 4.69) is 39.6 Å². The fourth-order valence-electron chi connectivity index (χ4n) is 5.17. The van der Waals surface area contributed by atoms with E-state index < -0.39 is 17.6 Å². The van der Waals surface area contributed by atoms with Crippen LogP contribution in [0.15, 0.2) is 79.0 Å². The van der Waals surface area contributed by atoms with E-state index in [0.29, 0.717) is 40.2 Å². The van der Waals surface area contributed by atoms with Crippen molar-refractivity contribution in [2.75, 3.05) is 31.6 Å². The van der Waals surface area contributed by atoms with Crippen LogP contribution in [0.1, 0.15) is 40.2 Å². The van der Waals surface area contributed by atoms with Crippen LogP contribution in [0.5, 0.6) is 5.75 Å². The minimum atomic E-state index is -4.55. The minimum absolute atomic E-state index is 0.101. The molecule has 1 aliphatic heterocycles. The lowest BCUT2D eigenvalue weighted by Gasteiger charge is -2.32. The van der Waals surface area contributed by atoms with Crippen LogP contribution in [0.25, 0.3) is 11.3 Å². The molecule has 1 N–H and O–H groups in total. The minimum Gasteiger partial charge on any atom is -0.492 e. The van der Waals surface area contributed by atoms with Crippen molar-refractivity contribution in [2.24, 2.45) is 7.05 Å². The number of anilines is 1. The van der Waals surface area contributed by atoms with E-state index in [1.807, 2.05) is 6.07 Å². The Morgan fingerprint density at radius 1 is 1.05 bits per heavy atom. The van der Waals surface area contributed by atoms with E-state index in [4.69, 9.17) is 16.3 Å². The highest BCUT2D eigenvalue weighted by Crippen LogP contribution is 2.37. The third-order valence-corrected chi connectivity index (χ3v) is 7.64. The molecule has 3 aromatic carbocycles. The van der Waals surface area contributed by atoms with Crippen molar-refractivity contribution in [3.05, 3.63) is 101 Å². The summed E-state index contributed by atoms with van der Waals surface area (Å²) in [6, 6.07) is 20.0. The number of amides is 1. The van der Waals surface area contributed by atoms with Gasteiger partial charge in [0.1, 0.15) is 12.4 Å². The third kappa shape index (κ3) is 6.92. The Morgan fingerprint density at radius 2 is 1.80 bits per heavy atom. The summed E-state index contributed by atoms with van der Waals surface area (Å²) < 4.78 is 47.2. The van der Waals surface area contributed by atoms with Crippen LogP contribution in [0, 0.1) is 0 Å². The molecule has 4 aromatic rings. The van der Waals surface area contributed by atoms with Gasteiger partial charge in [-0.2, -0.15) is 18.3 Å². The molecule has 1 fully saturated rings. The van der Waals surface area contributed by atoms with E-state index >= 15 is 0 Å². The van der Waals surface area contributed by atoms with Crippen molar-refractivity contribution in [3.63, 3.8) is 0 Å². The Kier molecular flexibility index (Phi) is 8.65. The second-order valence-corrected chi connectivity index (χ2v) is 10.5. The lowest BCUT2D eigenvalue weighted by molar-refractivity contribution is -0.137. The van der Waals surface area contributed by atoms with Gasteiger partial charge in [-0.05, 0) is 73.8 Å². The van der Waals surface area contributed by atoms with E-state index in [9.17, 15) is 18.0 Å². The quantitative estimate of drug-likeness (QED) is 0.237. The second-order valence-electron chi connectivity index (χ2n) is 10.1. The summed E-state index contributed by atoms with van der Waals surface area (Å²) in [7, 11) is 1.75. The molecule has 10 heteroatoms. The smallest absolute Gasteiger partial charge is 0.416 e. The number of nitrogens with one attached hydrogen (secondary N) is 1. The molecule has 2 heterocycles. The maximum absolute atomic E-state index is 13.1. The monoisotopic (exact) mass is 582 g/mol. The van der Waals surface area contributed by atoms with E-state index in [1.165, 1.54) is 23.9 Å². The Morgan fingerprint density at radius 3 is 2.49 bits per heavy atom. The molecule has 6 nitrogen and oxygen atoms in total. The first-order chi connectivity index (χ1) is 19.7. The number of alkyl halides is 3. The molecule has 1 aliphatic rings. The van der Waals surface area contributed by atoms with Crippen LogP contribution in [-0.2, 0) is 13.2 Å². The van der Waals surface area contributed by atoms with Crippen molar-refractivity contribution < 1.29 is 22.7 Å². The highest BCUT2D eigenvalue weighted by Gasteiger charge is 2.31. The number of benzene rings is 3. The summed E-state index contributed by atoms with van der Waals surface area (Å²) in [4.78, 5) is 15.2. The van der Waals surface area contributed by atoms with E-state index in [1.54, 1.807) is 29.9 Å². The topological polar surface area (TPSA) is 59.4 Å². The number of hydrogen-bond donors (Lipinski definition) is 1. The molecule has 5 rings (SSSR count). The van der Waals surface area contributed by atoms with Crippen LogP contribution < -0.4 is 10.1 Å². The fourth-order valence-corrected chi connectivity index (χ4v) is 5.44. The molecule has 1 aromatic heterocycles. The summed E-state index contributed by atoms with van der Waals surface area (Å²) in [5.41, 5.74) is 1.99. The molecular weight excluding hydrogens is 553 g/mol. The van der Waals surface area contributed by atoms with Crippen molar-refractivity contribution in [1.82, 2.24) is 14.7 Å². The standard InChI is InChI=1S/C31H30ClF3N4O2/c1-38-29(27(32)20-36-38)26-19-25(37-30(40)23-8-5-9-24(18-23)31(33,34)35)10-11-28(26)41-17-16-39-14-12-22(13-15-39)21-6-3-2-4-7-21/h2-11,18-20,22H,12-17H2,1H3,(H,37,40). The highest BCUT2D eigenvalue weighted by molar-refractivity contribution is 6.33. The molecule has 0 spiro atoms. The second kappa shape index (κ2) is 12.4. The Labute approximate surface area is 241 Å². The number of halogens is 4. The number of carbonyl (C=O) groups excluding carboxylic acids is 1. The van der Waals surface area contributed by atoms with Gasteiger partial charge in [-0.1, -0.05) is 48.0 Å². The highest BCUT2D eigenvalue weighted by atomic mass is 35.5. The van der Waals surface area contributed by atoms with Gasteiger partial charge in [0, 0.05) is 30.4 Å². The SMILES string of the molecule is Cn1ncc(Cl)c1-c1cc(NC(=O)c2cccc(C(F)(F)F)c2)ccc1OCCN1CCC(c2ccccc2)CC1. The molecule has 41 heavy (non-hydrogen) atoms. The summed E-state index contributed by atoms with van der Waals surface area (Å²) in [5.74, 6) is 0.475. The number of piperidine rings is 1. The lowest BCUT2D eigenvalue weighted by Crippen LogP contribution is -2.35. The lowest BCUT2D eigenvalue weighted by atomic mass is 9.89. The van der Waals surface area contributed by atoms with Gasteiger partial charge in [0.2, 0.25) is 0 Å². The van der Waals surface area contributed by atoms with Crippen LogP contribution in [0.2, 0.25) is 5.02 Å². The molecule has 0 aliphatic carbocycles. The van der Waals surface area contributed by atoms with Gasteiger partial charge in [0.15, 0.2) is 0 Å². The van der Waals surface area contributed by atoms with Crippen molar-refractivity contribution >= 4 is 23.2 Å². The number of rotatable bonds is 8. The maximum Gasteiger partial charge on any atom is 0.416 e. The van der Waals surface area contributed by atoms with Crippen LogP contribution in [0.4, 0.5) is 18.9 Å². The number of aryl methyl sites for hydroxylation is 1. The molecule has 0 bridgehead atoms. The number of carbonyl (C=O) groups is 1. The zero-order chi connectivity index (χ0) is 29.0. The predicted molar refractivity (Wildman–Crippen MR) is 153 cm³/mol. The number of aromatic nitrogens is 2. The van der Waals surface area contributed by atoms with E-state index in [-0.39, 0.29) is 5.56 Å². The number of nitrogens with zero attached hydrogens (tertiary/aromatic N) is 3. The summed E-state index contributed by atoms with van der Waals surface area (Å²) in [6.45, 7) is 3.19.